The van der Waals surface area contributed by atoms with Gasteiger partial charge in [0.15, 0.2) is 0 Å². The van der Waals surface area contributed by atoms with E-state index in [0.717, 1.165) is 19.5 Å². The van der Waals surface area contributed by atoms with Gasteiger partial charge in [0.05, 0.1) is 5.92 Å². The lowest BCUT2D eigenvalue weighted by Crippen LogP contribution is -2.46. The molecule has 1 amide bonds. The molecule has 1 aliphatic rings. The Morgan fingerprint density at radius 3 is 2.50 bits per heavy atom. The van der Waals surface area contributed by atoms with Gasteiger partial charge in [0.1, 0.15) is 12.1 Å². The van der Waals surface area contributed by atoms with Gasteiger partial charge in [-0.1, -0.05) is 6.92 Å². The lowest BCUT2D eigenvalue weighted by Gasteiger charge is -2.27. The van der Waals surface area contributed by atoms with E-state index in [-0.39, 0.29) is 11.7 Å². The second kappa shape index (κ2) is 7.97. The van der Waals surface area contributed by atoms with Gasteiger partial charge >= 0.3 is 0 Å². The van der Waals surface area contributed by atoms with Gasteiger partial charge in [-0.25, -0.2) is 0 Å². The fourth-order valence-electron chi connectivity index (χ4n) is 2.09. The second-order valence-electron chi connectivity index (χ2n) is 4.63. The molecule has 0 spiro atoms. The van der Waals surface area contributed by atoms with Gasteiger partial charge in [0, 0.05) is 39.0 Å². The van der Waals surface area contributed by atoms with Crippen LogP contribution in [0.25, 0.3) is 0 Å². The van der Waals surface area contributed by atoms with Crippen LogP contribution in [0.4, 0.5) is 0 Å². The van der Waals surface area contributed by atoms with Crippen LogP contribution in [0.15, 0.2) is 0 Å². The third kappa shape index (κ3) is 4.56. The van der Waals surface area contributed by atoms with Gasteiger partial charge in [-0.05, 0) is 12.8 Å². The minimum atomic E-state index is -0.600. The van der Waals surface area contributed by atoms with E-state index in [4.69, 9.17) is 0 Å². The number of carbonyl (C=O) groups excluding carboxylic acids is 3. The lowest BCUT2D eigenvalue weighted by atomic mass is 9.96. The number of hydrogen-bond acceptors (Lipinski definition) is 4. The summed E-state index contributed by atoms with van der Waals surface area (Å²) >= 11 is 0. The molecule has 102 valence electrons. The third-order valence-electron chi connectivity index (χ3n) is 3.21. The van der Waals surface area contributed by atoms with Crippen LogP contribution >= 0.6 is 0 Å². The Balaban J connectivity index is 2.35. The van der Waals surface area contributed by atoms with Crippen LogP contribution in [0, 0.1) is 5.92 Å². The highest BCUT2D eigenvalue weighted by molar-refractivity contribution is 5.93. The molecule has 0 radical (unpaired) electrons. The number of amides is 1. The fourth-order valence-corrected chi connectivity index (χ4v) is 2.09. The number of ketones is 1. The van der Waals surface area contributed by atoms with E-state index < -0.39 is 5.92 Å². The molecule has 5 nitrogen and oxygen atoms in total. The Bertz CT molecular complexity index is 299. The number of hydrogen-bond donors (Lipinski definition) is 1. The zero-order chi connectivity index (χ0) is 13.4. The summed E-state index contributed by atoms with van der Waals surface area (Å²) in [5.41, 5.74) is 0. The van der Waals surface area contributed by atoms with Crippen LogP contribution in [0.5, 0.6) is 0 Å². The summed E-state index contributed by atoms with van der Waals surface area (Å²) in [4.78, 5) is 36.1. The molecule has 0 aromatic heterocycles. The zero-order valence-electron chi connectivity index (χ0n) is 11.0. The summed E-state index contributed by atoms with van der Waals surface area (Å²) < 4.78 is 0. The van der Waals surface area contributed by atoms with Gasteiger partial charge in [-0.3, -0.25) is 9.59 Å². The Labute approximate surface area is 108 Å². The van der Waals surface area contributed by atoms with Gasteiger partial charge in [-0.15, -0.1) is 0 Å². The number of aldehydes is 1. The van der Waals surface area contributed by atoms with Crippen LogP contribution in [0.2, 0.25) is 0 Å². The van der Waals surface area contributed by atoms with E-state index in [2.05, 4.69) is 5.32 Å². The van der Waals surface area contributed by atoms with Crippen molar-refractivity contribution < 1.29 is 14.4 Å². The van der Waals surface area contributed by atoms with Crippen LogP contribution in [-0.2, 0) is 14.4 Å². The van der Waals surface area contributed by atoms with Crippen LogP contribution in [-0.4, -0.2) is 49.1 Å². The molecule has 0 saturated carbocycles. The standard InChI is InChI=1S/C13H22N2O3/c1-2-3-12(17)11(10-16)4-5-13(18)15-8-6-14-7-9-15/h10-11,14H,2-9H2,1H3. The number of rotatable bonds is 7. The minimum absolute atomic E-state index is 0.0411. The van der Waals surface area contributed by atoms with Crippen LogP contribution in [0.3, 0.4) is 0 Å². The van der Waals surface area contributed by atoms with Crippen molar-refractivity contribution in [1.82, 2.24) is 10.2 Å². The highest BCUT2D eigenvalue weighted by Crippen LogP contribution is 2.11. The number of Topliss-reactive ketones (excluding diaryl/α,β-unsaturated/α-hetero) is 1. The Kier molecular flexibility index (Phi) is 6.57. The molecule has 5 heteroatoms. The predicted molar refractivity (Wildman–Crippen MR) is 68.2 cm³/mol. The zero-order valence-corrected chi connectivity index (χ0v) is 11.0. The van der Waals surface area contributed by atoms with E-state index in [1.165, 1.54) is 0 Å². The molecule has 0 aromatic carbocycles. The lowest BCUT2D eigenvalue weighted by molar-refractivity contribution is -0.132. The van der Waals surface area contributed by atoms with Crippen molar-refractivity contribution in [1.29, 1.82) is 0 Å². The maximum atomic E-state index is 11.9. The molecule has 18 heavy (non-hydrogen) atoms. The molecule has 0 aromatic rings. The molecule has 1 unspecified atom stereocenters. The summed E-state index contributed by atoms with van der Waals surface area (Å²) in [6.07, 6.45) is 2.49. The van der Waals surface area contributed by atoms with Crippen molar-refractivity contribution in [2.45, 2.75) is 32.6 Å². The first-order valence-corrected chi connectivity index (χ1v) is 6.65. The highest BCUT2D eigenvalue weighted by atomic mass is 16.2. The van der Waals surface area contributed by atoms with Crippen molar-refractivity contribution in [3.8, 4) is 0 Å². The molecule has 1 aliphatic heterocycles. The summed E-state index contributed by atoms with van der Waals surface area (Å²) in [6, 6.07) is 0. The molecule has 1 fully saturated rings. The van der Waals surface area contributed by atoms with Crippen LogP contribution in [0.1, 0.15) is 32.6 Å². The normalized spacial score (nSPS) is 17.3. The quantitative estimate of drug-likeness (QED) is 0.527. The van der Waals surface area contributed by atoms with Crippen molar-refractivity contribution >= 4 is 18.0 Å². The summed E-state index contributed by atoms with van der Waals surface area (Å²) in [6.45, 7) is 4.97. The molecule has 1 rings (SSSR count). The number of nitrogens with one attached hydrogen (secondary N) is 1. The van der Waals surface area contributed by atoms with Gasteiger partial charge < -0.3 is 15.0 Å². The average Bonchev–Trinajstić information content (AvgIpc) is 2.40. The maximum absolute atomic E-state index is 11.9. The summed E-state index contributed by atoms with van der Waals surface area (Å²) in [5.74, 6) is -0.593. The Hall–Kier alpha value is -1.23. The first-order chi connectivity index (χ1) is 8.69. The molecule has 1 saturated heterocycles. The topological polar surface area (TPSA) is 66.5 Å². The summed E-state index contributed by atoms with van der Waals surface area (Å²) in [7, 11) is 0. The molecule has 1 heterocycles. The number of carbonyl (C=O) groups is 3. The molecular formula is C13H22N2O3. The summed E-state index contributed by atoms with van der Waals surface area (Å²) in [5, 5.41) is 3.18. The molecule has 1 atom stereocenters. The van der Waals surface area contributed by atoms with Crippen molar-refractivity contribution in [3.63, 3.8) is 0 Å². The van der Waals surface area contributed by atoms with E-state index in [1.54, 1.807) is 4.90 Å². The van der Waals surface area contributed by atoms with Crippen molar-refractivity contribution in [3.05, 3.63) is 0 Å². The second-order valence-corrected chi connectivity index (χ2v) is 4.63. The Morgan fingerprint density at radius 1 is 1.28 bits per heavy atom. The molecule has 0 bridgehead atoms. The third-order valence-corrected chi connectivity index (χ3v) is 3.21. The predicted octanol–water partition coefficient (Wildman–Crippen LogP) is 0.383. The van der Waals surface area contributed by atoms with Crippen molar-refractivity contribution in [2.75, 3.05) is 26.2 Å². The smallest absolute Gasteiger partial charge is 0.222 e. The van der Waals surface area contributed by atoms with Gasteiger partial charge in [-0.2, -0.15) is 0 Å². The van der Waals surface area contributed by atoms with E-state index in [9.17, 15) is 14.4 Å². The van der Waals surface area contributed by atoms with Crippen LogP contribution < -0.4 is 5.32 Å². The average molecular weight is 254 g/mol. The number of piperazine rings is 1. The molecular weight excluding hydrogens is 232 g/mol. The fraction of sp³-hybridized carbons (Fsp3) is 0.769. The maximum Gasteiger partial charge on any atom is 0.222 e. The SMILES string of the molecule is CCCC(=O)C(C=O)CCC(=O)N1CCNCC1. The first-order valence-electron chi connectivity index (χ1n) is 6.65. The first kappa shape index (κ1) is 14.8. The highest BCUT2D eigenvalue weighted by Gasteiger charge is 2.21. The molecule has 0 aliphatic carbocycles. The Morgan fingerprint density at radius 2 is 1.94 bits per heavy atom. The minimum Gasteiger partial charge on any atom is -0.340 e. The molecule has 1 N–H and O–H groups in total. The van der Waals surface area contributed by atoms with Gasteiger partial charge in [0.25, 0.3) is 0 Å². The van der Waals surface area contributed by atoms with E-state index in [1.807, 2.05) is 6.92 Å². The number of nitrogens with zero attached hydrogens (tertiary/aromatic N) is 1. The monoisotopic (exact) mass is 254 g/mol. The van der Waals surface area contributed by atoms with E-state index in [0.29, 0.717) is 38.6 Å². The van der Waals surface area contributed by atoms with Gasteiger partial charge in [0.2, 0.25) is 5.91 Å². The van der Waals surface area contributed by atoms with E-state index >= 15 is 0 Å². The largest absolute Gasteiger partial charge is 0.340 e. The van der Waals surface area contributed by atoms with Crippen molar-refractivity contribution in [2.24, 2.45) is 5.92 Å².